The monoisotopic (exact) mass is 619 g/mol. The zero-order valence-electron chi connectivity index (χ0n) is 23.7. The fourth-order valence-electron chi connectivity index (χ4n) is 4.32. The zero-order chi connectivity index (χ0) is 30.3. The van der Waals surface area contributed by atoms with Crippen LogP contribution < -0.4 is 14.4 Å². The van der Waals surface area contributed by atoms with E-state index in [1.54, 1.807) is 37.3 Å². The van der Waals surface area contributed by atoms with Crippen molar-refractivity contribution in [2.45, 2.75) is 57.6 Å². The predicted molar refractivity (Wildman–Crippen MR) is 163 cm³/mol. The van der Waals surface area contributed by atoms with Crippen LogP contribution in [-0.2, 0) is 26.2 Å². The van der Waals surface area contributed by atoms with Crippen molar-refractivity contribution in [3.8, 4) is 5.75 Å². The highest BCUT2D eigenvalue weighted by Crippen LogP contribution is 2.30. The highest BCUT2D eigenvalue weighted by atomic mass is 35.5. The minimum absolute atomic E-state index is 0.00376. The number of amides is 2. The summed E-state index contributed by atoms with van der Waals surface area (Å²) in [6.45, 7) is 6.76. The highest BCUT2D eigenvalue weighted by molar-refractivity contribution is 7.92. The summed E-state index contributed by atoms with van der Waals surface area (Å²) in [5.74, 6) is -0.324. The Kier molecular flexibility index (Phi) is 11.1. The largest absolute Gasteiger partial charge is 0.497 e. The van der Waals surface area contributed by atoms with Crippen LogP contribution in [0.5, 0.6) is 5.75 Å². The number of carbonyl (C=O) groups excluding carboxylic acids is 2. The van der Waals surface area contributed by atoms with Crippen molar-refractivity contribution in [2.75, 3.05) is 18.0 Å². The fourth-order valence-corrected chi connectivity index (χ4v) is 6.23. The van der Waals surface area contributed by atoms with Crippen molar-refractivity contribution in [1.82, 2.24) is 10.2 Å². The molecule has 2 amide bonds. The lowest BCUT2D eigenvalue weighted by molar-refractivity contribution is -0.140. The van der Waals surface area contributed by atoms with Crippen molar-refractivity contribution in [3.63, 3.8) is 0 Å². The van der Waals surface area contributed by atoms with Crippen LogP contribution in [0.25, 0.3) is 0 Å². The SMILES string of the molecule is CC[C@H](C(=O)NC(C)C)N(Cc1cccc(OC)c1)C(=O)CN(c1cc(Cl)cc(Cl)c1)S(=O)(=O)c1ccc(C)cc1. The molecule has 0 radical (unpaired) electrons. The molecule has 8 nitrogen and oxygen atoms in total. The molecule has 0 aliphatic heterocycles. The lowest BCUT2D eigenvalue weighted by atomic mass is 10.1. The van der Waals surface area contributed by atoms with Crippen LogP contribution in [-0.4, -0.2) is 50.9 Å². The van der Waals surface area contributed by atoms with Crippen LogP contribution in [0.15, 0.2) is 71.6 Å². The molecule has 0 aromatic heterocycles. The van der Waals surface area contributed by atoms with Crippen LogP contribution in [0, 0.1) is 6.92 Å². The first-order chi connectivity index (χ1) is 19.3. The van der Waals surface area contributed by atoms with E-state index >= 15 is 0 Å². The first-order valence-electron chi connectivity index (χ1n) is 13.1. The maximum Gasteiger partial charge on any atom is 0.264 e. The molecule has 1 N–H and O–H groups in total. The summed E-state index contributed by atoms with van der Waals surface area (Å²) in [6.07, 6.45) is 0.308. The number of hydrogen-bond acceptors (Lipinski definition) is 5. The van der Waals surface area contributed by atoms with E-state index in [4.69, 9.17) is 27.9 Å². The fraction of sp³-hybridized carbons (Fsp3) is 0.333. The Morgan fingerprint density at radius 3 is 2.17 bits per heavy atom. The van der Waals surface area contributed by atoms with Crippen molar-refractivity contribution in [2.24, 2.45) is 0 Å². The van der Waals surface area contributed by atoms with E-state index in [-0.39, 0.29) is 39.1 Å². The number of rotatable bonds is 12. The molecule has 41 heavy (non-hydrogen) atoms. The van der Waals surface area contributed by atoms with Crippen LogP contribution in [0.4, 0.5) is 5.69 Å². The number of halogens is 2. The number of nitrogens with zero attached hydrogens (tertiary/aromatic N) is 2. The number of methoxy groups -OCH3 is 1. The first kappa shape index (κ1) is 32.2. The zero-order valence-corrected chi connectivity index (χ0v) is 26.1. The predicted octanol–water partition coefficient (Wildman–Crippen LogP) is 5.84. The van der Waals surface area contributed by atoms with Gasteiger partial charge in [-0.25, -0.2) is 8.42 Å². The van der Waals surface area contributed by atoms with Gasteiger partial charge in [-0.05, 0) is 75.2 Å². The van der Waals surface area contributed by atoms with E-state index < -0.39 is 28.5 Å². The van der Waals surface area contributed by atoms with Gasteiger partial charge in [0.2, 0.25) is 11.8 Å². The molecule has 0 bridgehead atoms. The minimum Gasteiger partial charge on any atom is -0.497 e. The normalized spacial score (nSPS) is 12.1. The number of sulfonamides is 1. The van der Waals surface area contributed by atoms with Gasteiger partial charge in [0.15, 0.2) is 0 Å². The van der Waals surface area contributed by atoms with Crippen LogP contribution in [0.3, 0.4) is 0 Å². The second-order valence-electron chi connectivity index (χ2n) is 9.91. The van der Waals surface area contributed by atoms with Crippen molar-refractivity contribution < 1.29 is 22.7 Å². The van der Waals surface area contributed by atoms with Gasteiger partial charge in [-0.15, -0.1) is 0 Å². The molecule has 1 atom stereocenters. The molecule has 3 aromatic carbocycles. The molecular formula is C30H35Cl2N3O5S. The smallest absolute Gasteiger partial charge is 0.264 e. The number of carbonyl (C=O) groups is 2. The molecule has 0 fully saturated rings. The summed E-state index contributed by atoms with van der Waals surface area (Å²) in [4.78, 5) is 28.8. The summed E-state index contributed by atoms with van der Waals surface area (Å²) in [5.41, 5.74) is 1.72. The van der Waals surface area contributed by atoms with Gasteiger partial charge in [-0.3, -0.25) is 13.9 Å². The molecule has 0 heterocycles. The molecule has 0 aliphatic rings. The molecule has 11 heteroatoms. The molecule has 0 aliphatic carbocycles. The third-order valence-electron chi connectivity index (χ3n) is 6.33. The van der Waals surface area contributed by atoms with Crippen molar-refractivity contribution >= 4 is 50.7 Å². The van der Waals surface area contributed by atoms with Gasteiger partial charge in [0.25, 0.3) is 10.0 Å². The Labute approximate surface area is 252 Å². The Morgan fingerprint density at radius 2 is 1.61 bits per heavy atom. The number of hydrogen-bond donors (Lipinski definition) is 1. The summed E-state index contributed by atoms with van der Waals surface area (Å²) < 4.78 is 34.2. The topological polar surface area (TPSA) is 96.0 Å². The molecule has 0 saturated carbocycles. The van der Waals surface area contributed by atoms with Gasteiger partial charge in [-0.1, -0.05) is 60.0 Å². The van der Waals surface area contributed by atoms with Crippen LogP contribution in [0.1, 0.15) is 38.3 Å². The van der Waals surface area contributed by atoms with E-state index in [2.05, 4.69) is 5.32 Å². The van der Waals surface area contributed by atoms with Crippen molar-refractivity contribution in [3.05, 3.63) is 87.9 Å². The molecule has 0 unspecified atom stereocenters. The summed E-state index contributed by atoms with van der Waals surface area (Å²) in [6, 6.07) is 16.8. The molecule has 0 saturated heterocycles. The summed E-state index contributed by atoms with van der Waals surface area (Å²) in [7, 11) is -2.70. The molecule has 220 valence electrons. The number of benzene rings is 3. The minimum atomic E-state index is -4.24. The summed E-state index contributed by atoms with van der Waals surface area (Å²) >= 11 is 12.5. The lowest BCUT2D eigenvalue weighted by Gasteiger charge is -2.33. The quantitative estimate of drug-likeness (QED) is 0.275. The second-order valence-corrected chi connectivity index (χ2v) is 12.6. The first-order valence-corrected chi connectivity index (χ1v) is 15.3. The number of ether oxygens (including phenoxy) is 1. The second kappa shape index (κ2) is 14.1. The summed E-state index contributed by atoms with van der Waals surface area (Å²) in [5, 5.41) is 3.29. The Morgan fingerprint density at radius 1 is 0.976 bits per heavy atom. The average molecular weight is 621 g/mol. The molecular weight excluding hydrogens is 585 g/mol. The van der Waals surface area contributed by atoms with Gasteiger partial charge in [0, 0.05) is 22.6 Å². The van der Waals surface area contributed by atoms with E-state index in [1.807, 2.05) is 26.8 Å². The Balaban J connectivity index is 2.10. The van der Waals surface area contributed by atoms with Crippen LogP contribution >= 0.6 is 23.2 Å². The van der Waals surface area contributed by atoms with E-state index in [0.717, 1.165) is 9.87 Å². The van der Waals surface area contributed by atoms with E-state index in [1.165, 1.54) is 42.3 Å². The van der Waals surface area contributed by atoms with Gasteiger partial charge in [0.1, 0.15) is 18.3 Å². The Bertz CT molecular complexity index is 1460. The van der Waals surface area contributed by atoms with E-state index in [9.17, 15) is 18.0 Å². The lowest BCUT2D eigenvalue weighted by Crippen LogP contribution is -2.53. The number of aryl methyl sites for hydroxylation is 1. The van der Waals surface area contributed by atoms with Gasteiger partial charge in [0.05, 0.1) is 17.7 Å². The number of anilines is 1. The van der Waals surface area contributed by atoms with Gasteiger partial charge < -0.3 is 15.0 Å². The number of nitrogens with one attached hydrogen (secondary N) is 1. The third-order valence-corrected chi connectivity index (χ3v) is 8.55. The Hall–Kier alpha value is -3.27. The van der Waals surface area contributed by atoms with E-state index in [0.29, 0.717) is 17.7 Å². The van der Waals surface area contributed by atoms with Crippen molar-refractivity contribution in [1.29, 1.82) is 0 Å². The standard InChI is InChI=1S/C30H35Cl2N3O5S/c1-6-28(30(37)33-20(2)3)34(18-22-8-7-9-26(14-22)40-5)29(36)19-35(25-16-23(31)15-24(32)17-25)41(38,39)27-12-10-21(4)11-13-27/h7-17,20,28H,6,18-19H2,1-5H3,(H,33,37)/t28-/m1/s1. The maximum atomic E-state index is 14.1. The van der Waals surface area contributed by atoms with Crippen LogP contribution in [0.2, 0.25) is 10.0 Å². The third kappa shape index (κ3) is 8.38. The maximum absolute atomic E-state index is 14.1. The van der Waals surface area contributed by atoms with Gasteiger partial charge >= 0.3 is 0 Å². The molecule has 3 rings (SSSR count). The average Bonchev–Trinajstić information content (AvgIpc) is 2.90. The molecule has 0 spiro atoms. The van der Waals surface area contributed by atoms with Gasteiger partial charge in [-0.2, -0.15) is 0 Å². The molecule has 3 aromatic rings. The highest BCUT2D eigenvalue weighted by Gasteiger charge is 2.34.